The normalized spacial score (nSPS) is 16.0. The maximum absolute atomic E-state index is 12.5. The van der Waals surface area contributed by atoms with Crippen LogP contribution in [0.1, 0.15) is 11.5 Å². The molecule has 25 heavy (non-hydrogen) atoms. The maximum atomic E-state index is 12.5. The third kappa shape index (κ3) is 3.24. The predicted molar refractivity (Wildman–Crippen MR) is 92.2 cm³/mol. The Morgan fingerprint density at radius 3 is 2.68 bits per heavy atom. The Kier molecular flexibility index (Phi) is 3.93. The number of hydrogen-bond acceptors (Lipinski definition) is 5. The molecule has 2 aromatic carbocycles. The number of fused-ring (bicyclic) bond motifs is 1. The van der Waals surface area contributed by atoms with Crippen LogP contribution in [0.4, 0.5) is 5.69 Å². The standard InChI is InChI=1S/C19H17N3O3/c1-12-21-22-19(25-12)13-6-8-16(9-7-13)20-18(23)15-10-14-4-2-3-5-17(14)24-11-15/h2-9,15H,10-11H2,1H3,(H,20,23). The Hall–Kier alpha value is -3.15. The molecule has 0 spiro atoms. The van der Waals surface area contributed by atoms with Crippen LogP contribution in [0.25, 0.3) is 11.5 Å². The van der Waals surface area contributed by atoms with E-state index in [1.54, 1.807) is 6.92 Å². The first-order valence-corrected chi connectivity index (χ1v) is 8.11. The van der Waals surface area contributed by atoms with Crippen LogP contribution >= 0.6 is 0 Å². The summed E-state index contributed by atoms with van der Waals surface area (Å²) in [7, 11) is 0. The lowest BCUT2D eigenvalue weighted by Gasteiger charge is -2.24. The van der Waals surface area contributed by atoms with E-state index >= 15 is 0 Å². The van der Waals surface area contributed by atoms with Crippen molar-refractivity contribution in [1.82, 2.24) is 10.2 Å². The maximum Gasteiger partial charge on any atom is 0.247 e. The highest BCUT2D eigenvalue weighted by Crippen LogP contribution is 2.27. The Bertz CT molecular complexity index is 902. The van der Waals surface area contributed by atoms with Gasteiger partial charge in [0.1, 0.15) is 12.4 Å². The number of rotatable bonds is 3. The number of amides is 1. The van der Waals surface area contributed by atoms with Crippen molar-refractivity contribution in [2.75, 3.05) is 11.9 Å². The Morgan fingerprint density at radius 2 is 1.92 bits per heavy atom. The van der Waals surface area contributed by atoms with Crippen molar-refractivity contribution in [1.29, 1.82) is 0 Å². The van der Waals surface area contributed by atoms with Crippen LogP contribution in [0.15, 0.2) is 52.9 Å². The number of anilines is 1. The highest BCUT2D eigenvalue weighted by Gasteiger charge is 2.25. The van der Waals surface area contributed by atoms with Crippen molar-refractivity contribution in [2.45, 2.75) is 13.3 Å². The third-order valence-electron chi connectivity index (χ3n) is 4.18. The summed E-state index contributed by atoms with van der Waals surface area (Å²) in [4.78, 5) is 12.5. The second-order valence-corrected chi connectivity index (χ2v) is 6.01. The number of para-hydroxylation sites is 1. The van der Waals surface area contributed by atoms with Crippen LogP contribution in [0, 0.1) is 12.8 Å². The lowest BCUT2D eigenvalue weighted by molar-refractivity contribution is -0.121. The van der Waals surface area contributed by atoms with Crippen molar-refractivity contribution in [2.24, 2.45) is 5.92 Å². The molecular formula is C19H17N3O3. The van der Waals surface area contributed by atoms with Gasteiger partial charge in [0.25, 0.3) is 0 Å². The molecule has 0 bridgehead atoms. The second-order valence-electron chi connectivity index (χ2n) is 6.01. The molecule has 2 heterocycles. The van der Waals surface area contributed by atoms with Crippen LogP contribution in [0.2, 0.25) is 0 Å². The van der Waals surface area contributed by atoms with Crippen molar-refractivity contribution < 1.29 is 13.9 Å². The van der Waals surface area contributed by atoms with E-state index < -0.39 is 0 Å². The molecule has 6 nitrogen and oxygen atoms in total. The smallest absolute Gasteiger partial charge is 0.247 e. The molecule has 0 fully saturated rings. The second kappa shape index (κ2) is 6.39. The zero-order valence-corrected chi connectivity index (χ0v) is 13.7. The molecule has 0 radical (unpaired) electrons. The minimum atomic E-state index is -0.201. The van der Waals surface area contributed by atoms with E-state index in [1.165, 1.54) is 0 Å². The van der Waals surface area contributed by atoms with Gasteiger partial charge < -0.3 is 14.5 Å². The van der Waals surface area contributed by atoms with Crippen LogP contribution in [-0.4, -0.2) is 22.7 Å². The van der Waals surface area contributed by atoms with Crippen LogP contribution in [0.5, 0.6) is 5.75 Å². The first-order chi connectivity index (χ1) is 12.2. The molecule has 1 atom stereocenters. The highest BCUT2D eigenvalue weighted by atomic mass is 16.5. The third-order valence-corrected chi connectivity index (χ3v) is 4.18. The van der Waals surface area contributed by atoms with Gasteiger partial charge in [0, 0.05) is 18.2 Å². The molecule has 1 unspecified atom stereocenters. The first kappa shape index (κ1) is 15.4. The first-order valence-electron chi connectivity index (χ1n) is 8.11. The molecule has 0 saturated heterocycles. The van der Waals surface area contributed by atoms with E-state index in [0.29, 0.717) is 24.8 Å². The van der Waals surface area contributed by atoms with Gasteiger partial charge in [0.2, 0.25) is 17.7 Å². The largest absolute Gasteiger partial charge is 0.492 e. The molecule has 0 aliphatic carbocycles. The van der Waals surface area contributed by atoms with Gasteiger partial charge in [-0.05, 0) is 42.3 Å². The molecule has 1 aromatic heterocycles. The molecule has 0 saturated carbocycles. The van der Waals surface area contributed by atoms with Crippen LogP contribution < -0.4 is 10.1 Å². The summed E-state index contributed by atoms with van der Waals surface area (Å²) >= 11 is 0. The number of carbonyl (C=O) groups excluding carboxylic acids is 1. The topological polar surface area (TPSA) is 77.2 Å². The minimum Gasteiger partial charge on any atom is -0.492 e. The lowest BCUT2D eigenvalue weighted by Crippen LogP contribution is -2.32. The molecule has 1 aliphatic heterocycles. The number of benzene rings is 2. The molecule has 1 aliphatic rings. The van der Waals surface area contributed by atoms with Gasteiger partial charge in [-0.3, -0.25) is 4.79 Å². The van der Waals surface area contributed by atoms with Crippen molar-refractivity contribution in [3.8, 4) is 17.2 Å². The molecule has 3 aromatic rings. The summed E-state index contributed by atoms with van der Waals surface area (Å²) in [5.74, 6) is 1.60. The number of aryl methyl sites for hydroxylation is 1. The Morgan fingerprint density at radius 1 is 1.12 bits per heavy atom. The fourth-order valence-corrected chi connectivity index (χ4v) is 2.85. The van der Waals surface area contributed by atoms with Gasteiger partial charge in [0.15, 0.2) is 0 Å². The lowest BCUT2D eigenvalue weighted by atomic mass is 9.96. The zero-order chi connectivity index (χ0) is 17.2. The predicted octanol–water partition coefficient (Wildman–Crippen LogP) is 3.23. The van der Waals surface area contributed by atoms with Crippen molar-refractivity contribution in [3.05, 3.63) is 60.0 Å². The fraction of sp³-hybridized carbons (Fsp3) is 0.211. The monoisotopic (exact) mass is 335 g/mol. The molecule has 1 amide bonds. The van der Waals surface area contributed by atoms with Gasteiger partial charge in [-0.25, -0.2) is 0 Å². The summed E-state index contributed by atoms with van der Waals surface area (Å²) in [6.45, 7) is 2.14. The van der Waals surface area contributed by atoms with Crippen molar-refractivity contribution in [3.63, 3.8) is 0 Å². The average Bonchev–Trinajstić information content (AvgIpc) is 3.08. The average molecular weight is 335 g/mol. The molecule has 6 heteroatoms. The molecule has 4 rings (SSSR count). The number of carbonyl (C=O) groups is 1. The summed E-state index contributed by atoms with van der Waals surface area (Å²) in [6.07, 6.45) is 0.682. The fourth-order valence-electron chi connectivity index (χ4n) is 2.85. The molecule has 1 N–H and O–H groups in total. The number of ether oxygens (including phenoxy) is 1. The van der Waals surface area contributed by atoms with Gasteiger partial charge >= 0.3 is 0 Å². The Balaban J connectivity index is 1.43. The number of nitrogens with one attached hydrogen (secondary N) is 1. The summed E-state index contributed by atoms with van der Waals surface area (Å²) in [5, 5.41) is 10.7. The van der Waals surface area contributed by atoms with Crippen molar-refractivity contribution >= 4 is 11.6 Å². The number of hydrogen-bond donors (Lipinski definition) is 1. The van der Waals surface area contributed by atoms with Gasteiger partial charge in [-0.2, -0.15) is 0 Å². The van der Waals surface area contributed by atoms with E-state index in [2.05, 4.69) is 15.5 Å². The zero-order valence-electron chi connectivity index (χ0n) is 13.7. The summed E-state index contributed by atoms with van der Waals surface area (Å²) in [6, 6.07) is 15.2. The van der Waals surface area contributed by atoms with E-state index in [0.717, 1.165) is 22.6 Å². The molecular weight excluding hydrogens is 318 g/mol. The van der Waals surface area contributed by atoms with E-state index in [9.17, 15) is 4.79 Å². The minimum absolute atomic E-state index is 0.0455. The van der Waals surface area contributed by atoms with Gasteiger partial charge in [0.05, 0.1) is 5.92 Å². The van der Waals surface area contributed by atoms with Crippen LogP contribution in [0.3, 0.4) is 0 Å². The number of nitrogens with zero attached hydrogens (tertiary/aromatic N) is 2. The van der Waals surface area contributed by atoms with Gasteiger partial charge in [-0.15, -0.1) is 10.2 Å². The highest BCUT2D eigenvalue weighted by molar-refractivity contribution is 5.93. The molecule has 126 valence electrons. The Labute approximate surface area is 144 Å². The van der Waals surface area contributed by atoms with E-state index in [1.807, 2.05) is 48.5 Å². The van der Waals surface area contributed by atoms with Gasteiger partial charge in [-0.1, -0.05) is 18.2 Å². The van der Waals surface area contributed by atoms with Crippen LogP contribution in [-0.2, 0) is 11.2 Å². The van der Waals surface area contributed by atoms with E-state index in [-0.39, 0.29) is 11.8 Å². The SMILES string of the molecule is Cc1nnc(-c2ccc(NC(=O)C3COc4ccccc4C3)cc2)o1. The summed E-state index contributed by atoms with van der Waals surface area (Å²) in [5.41, 5.74) is 2.60. The quantitative estimate of drug-likeness (QED) is 0.795. The van der Waals surface area contributed by atoms with E-state index in [4.69, 9.17) is 9.15 Å². The number of aromatic nitrogens is 2. The summed E-state index contributed by atoms with van der Waals surface area (Å²) < 4.78 is 11.1.